The summed E-state index contributed by atoms with van der Waals surface area (Å²) in [5.74, 6) is -9.17. The molecule has 0 saturated carbocycles. The quantitative estimate of drug-likeness (QED) is 0.343. The molecule has 2 bridgehead atoms. The number of benzene rings is 1. The van der Waals surface area contributed by atoms with Crippen LogP contribution < -0.4 is 0 Å². The molecule has 6 heteroatoms. The van der Waals surface area contributed by atoms with Gasteiger partial charge in [-0.15, -0.1) is 0 Å². The second kappa shape index (κ2) is 3.91. The third-order valence-corrected chi connectivity index (χ3v) is 4.26. The Morgan fingerprint density at radius 2 is 1.70 bits per heavy atom. The first-order valence-corrected chi connectivity index (χ1v) is 6.01. The molecular formula is C14H10F4O2. The number of hydrogen-bond donors (Lipinski definition) is 0. The van der Waals surface area contributed by atoms with Crippen LogP contribution in [0.4, 0.5) is 17.6 Å². The summed E-state index contributed by atoms with van der Waals surface area (Å²) in [7, 11) is 1.21. The van der Waals surface area contributed by atoms with Crippen LogP contribution in [0.3, 0.4) is 0 Å². The third kappa shape index (κ3) is 1.25. The Labute approximate surface area is 112 Å². The number of Topliss-reactive ketones (excluding diaryl/α,β-unsaturated/α-hetero) is 1. The summed E-state index contributed by atoms with van der Waals surface area (Å²) in [4.78, 5) is 12.1. The number of rotatable bonds is 1. The first-order chi connectivity index (χ1) is 9.36. The number of fused-ring (bicyclic) bond motifs is 1. The molecule has 0 heterocycles. The Morgan fingerprint density at radius 1 is 1.10 bits per heavy atom. The Hall–Kier alpha value is -1.69. The van der Waals surface area contributed by atoms with Crippen LogP contribution in [0, 0.1) is 29.2 Å². The number of ketones is 1. The fourth-order valence-electron chi connectivity index (χ4n) is 3.17. The van der Waals surface area contributed by atoms with Crippen LogP contribution in [-0.4, -0.2) is 12.9 Å². The standard InChI is InChI=1S/C14H10F4O2/c1-5-13(19)6-3-4-14(5,20-2)8-7(6)9(15)11(17)12(18)10(8)16/h3-6H,1-2H3/t5-,6-,14+/m1/s1. The normalized spacial score (nSPS) is 30.8. The maximum absolute atomic E-state index is 14.1. The van der Waals surface area contributed by atoms with Crippen molar-refractivity contribution in [3.05, 3.63) is 46.5 Å². The zero-order chi connectivity index (χ0) is 14.8. The van der Waals surface area contributed by atoms with Crippen LogP contribution >= 0.6 is 0 Å². The van der Waals surface area contributed by atoms with Crippen LogP contribution in [-0.2, 0) is 15.1 Å². The molecule has 1 aromatic rings. The maximum atomic E-state index is 14.1. The van der Waals surface area contributed by atoms with Crippen LogP contribution in [0.25, 0.3) is 0 Å². The Bertz CT molecular complexity index is 668. The van der Waals surface area contributed by atoms with Gasteiger partial charge < -0.3 is 4.74 Å². The van der Waals surface area contributed by atoms with Crippen molar-refractivity contribution < 1.29 is 27.1 Å². The summed E-state index contributed by atoms with van der Waals surface area (Å²) in [6.45, 7) is 1.49. The SMILES string of the molecule is CO[C@@]12C=C[C@@H](C(=O)[C@H]1C)c1c(F)c(F)c(F)c(F)c12. The van der Waals surface area contributed by atoms with Crippen molar-refractivity contribution in [3.8, 4) is 0 Å². The van der Waals surface area contributed by atoms with E-state index in [2.05, 4.69) is 0 Å². The van der Waals surface area contributed by atoms with Crippen LogP contribution in [0.2, 0.25) is 0 Å². The lowest BCUT2D eigenvalue weighted by atomic mass is 9.62. The van der Waals surface area contributed by atoms with Crippen molar-refractivity contribution in [3.63, 3.8) is 0 Å². The topological polar surface area (TPSA) is 26.3 Å². The molecule has 3 aliphatic carbocycles. The largest absolute Gasteiger partial charge is 0.369 e. The summed E-state index contributed by atoms with van der Waals surface area (Å²) in [6.07, 6.45) is 2.75. The van der Waals surface area contributed by atoms with E-state index in [1.54, 1.807) is 0 Å². The minimum atomic E-state index is -1.91. The van der Waals surface area contributed by atoms with Gasteiger partial charge in [0.15, 0.2) is 29.1 Å². The fourth-order valence-corrected chi connectivity index (χ4v) is 3.17. The highest BCUT2D eigenvalue weighted by molar-refractivity contribution is 5.95. The van der Waals surface area contributed by atoms with Crippen LogP contribution in [0.1, 0.15) is 24.0 Å². The van der Waals surface area contributed by atoms with E-state index in [1.807, 2.05) is 0 Å². The molecule has 1 aromatic carbocycles. The number of hydrogen-bond acceptors (Lipinski definition) is 2. The first-order valence-electron chi connectivity index (χ1n) is 6.01. The second-order valence-corrected chi connectivity index (χ2v) is 5.00. The van der Waals surface area contributed by atoms with Gasteiger partial charge in [-0.2, -0.15) is 0 Å². The number of methoxy groups -OCH3 is 1. The van der Waals surface area contributed by atoms with E-state index >= 15 is 0 Å². The Kier molecular flexibility index (Phi) is 2.60. The van der Waals surface area contributed by atoms with Crippen molar-refractivity contribution in [1.82, 2.24) is 0 Å². The molecule has 0 spiro atoms. The van der Waals surface area contributed by atoms with Crippen molar-refractivity contribution >= 4 is 5.78 Å². The van der Waals surface area contributed by atoms with Gasteiger partial charge in [0.2, 0.25) is 0 Å². The molecule has 0 aromatic heterocycles. The molecule has 0 radical (unpaired) electrons. The minimum absolute atomic E-state index is 0.411. The van der Waals surface area contributed by atoms with Gasteiger partial charge in [0, 0.05) is 18.2 Å². The highest BCUT2D eigenvalue weighted by Crippen LogP contribution is 2.53. The summed E-state index contributed by atoms with van der Waals surface area (Å²) < 4.78 is 60.1. The van der Waals surface area contributed by atoms with Gasteiger partial charge in [-0.3, -0.25) is 4.79 Å². The molecule has 3 aliphatic rings. The molecule has 106 valence electrons. The van der Waals surface area contributed by atoms with Crippen molar-refractivity contribution in [2.75, 3.05) is 7.11 Å². The van der Waals surface area contributed by atoms with Crippen molar-refractivity contribution in [2.24, 2.45) is 5.92 Å². The maximum Gasteiger partial charge on any atom is 0.197 e. The summed E-state index contributed by atoms with van der Waals surface area (Å²) in [6, 6.07) is 0. The van der Waals surface area contributed by atoms with Gasteiger partial charge in [0.25, 0.3) is 0 Å². The second-order valence-electron chi connectivity index (χ2n) is 5.00. The number of halogens is 4. The minimum Gasteiger partial charge on any atom is -0.369 e. The lowest BCUT2D eigenvalue weighted by Crippen LogP contribution is -2.49. The van der Waals surface area contributed by atoms with E-state index in [0.717, 1.165) is 0 Å². The zero-order valence-corrected chi connectivity index (χ0v) is 10.6. The molecule has 4 rings (SSSR count). The third-order valence-electron chi connectivity index (χ3n) is 4.26. The summed E-state index contributed by atoms with van der Waals surface area (Å²) in [5.41, 5.74) is -2.48. The molecule has 0 unspecified atom stereocenters. The molecule has 0 saturated heterocycles. The highest BCUT2D eigenvalue weighted by Gasteiger charge is 2.55. The van der Waals surface area contributed by atoms with Gasteiger partial charge >= 0.3 is 0 Å². The Balaban J connectivity index is 2.47. The van der Waals surface area contributed by atoms with E-state index in [9.17, 15) is 22.4 Å². The lowest BCUT2D eigenvalue weighted by Gasteiger charge is -2.46. The molecule has 2 nitrogen and oxygen atoms in total. The molecule has 0 fully saturated rings. The monoisotopic (exact) mass is 286 g/mol. The van der Waals surface area contributed by atoms with Gasteiger partial charge in [-0.1, -0.05) is 19.1 Å². The van der Waals surface area contributed by atoms with E-state index in [1.165, 1.54) is 26.2 Å². The van der Waals surface area contributed by atoms with E-state index in [4.69, 9.17) is 4.74 Å². The Morgan fingerprint density at radius 3 is 2.30 bits per heavy atom. The molecular weight excluding hydrogens is 276 g/mol. The summed E-state index contributed by atoms with van der Waals surface area (Å²) in [5, 5.41) is 0. The molecule has 0 N–H and O–H groups in total. The fraction of sp³-hybridized carbons (Fsp3) is 0.357. The van der Waals surface area contributed by atoms with Gasteiger partial charge in [0.1, 0.15) is 5.60 Å². The molecule has 3 atom stereocenters. The summed E-state index contributed by atoms with van der Waals surface area (Å²) >= 11 is 0. The predicted molar refractivity (Wildman–Crippen MR) is 61.0 cm³/mol. The number of ether oxygens (including phenoxy) is 1. The molecule has 0 amide bonds. The lowest BCUT2D eigenvalue weighted by molar-refractivity contribution is -0.135. The smallest absolute Gasteiger partial charge is 0.197 e. The number of carbonyl (C=O) groups is 1. The number of allylic oxidation sites excluding steroid dienone is 1. The molecule has 0 aliphatic heterocycles. The number of carbonyl (C=O) groups excluding carboxylic acids is 1. The van der Waals surface area contributed by atoms with Gasteiger partial charge in [0.05, 0.1) is 11.8 Å². The van der Waals surface area contributed by atoms with Crippen LogP contribution in [0.5, 0.6) is 0 Å². The highest BCUT2D eigenvalue weighted by atomic mass is 19.2. The van der Waals surface area contributed by atoms with Gasteiger partial charge in [-0.25, -0.2) is 17.6 Å². The zero-order valence-electron chi connectivity index (χ0n) is 10.6. The molecule has 20 heavy (non-hydrogen) atoms. The van der Waals surface area contributed by atoms with Crippen LogP contribution in [0.15, 0.2) is 12.2 Å². The predicted octanol–water partition coefficient (Wildman–Crippen LogP) is 2.96. The van der Waals surface area contributed by atoms with Crippen molar-refractivity contribution in [2.45, 2.75) is 18.4 Å². The van der Waals surface area contributed by atoms with E-state index in [0.29, 0.717) is 0 Å². The van der Waals surface area contributed by atoms with Crippen molar-refractivity contribution in [1.29, 1.82) is 0 Å². The van der Waals surface area contributed by atoms with Gasteiger partial charge in [-0.05, 0) is 0 Å². The average Bonchev–Trinajstić information content (AvgIpc) is 2.46. The van der Waals surface area contributed by atoms with E-state index < -0.39 is 57.6 Å². The first kappa shape index (κ1) is 13.3. The van der Waals surface area contributed by atoms with E-state index in [-0.39, 0.29) is 0 Å². The average molecular weight is 286 g/mol.